The Balaban J connectivity index is 2.79. The number of carbonyl (C=O) groups excluding carboxylic acids is 1. The van der Waals surface area contributed by atoms with Crippen LogP contribution in [0.5, 0.6) is 0 Å². The van der Waals surface area contributed by atoms with Gasteiger partial charge in [0.2, 0.25) is 0 Å². The molecule has 1 aromatic heterocycles. The first-order valence-electron chi connectivity index (χ1n) is 4.78. The molecule has 0 aliphatic carbocycles. The van der Waals surface area contributed by atoms with E-state index in [1.807, 2.05) is 6.92 Å². The third-order valence-electron chi connectivity index (χ3n) is 2.39. The van der Waals surface area contributed by atoms with Gasteiger partial charge in [0.25, 0.3) is 0 Å². The van der Waals surface area contributed by atoms with Crippen molar-refractivity contribution in [1.82, 2.24) is 4.57 Å². The summed E-state index contributed by atoms with van der Waals surface area (Å²) in [6, 6.07) is 5.00. The standard InChI is InChI=1S/C11H11NO3/c1-3-12-9-6-8(7(2)13)4-5-10(9)15-11(12)14/h4-6H,3H2,1-2H3. The lowest BCUT2D eigenvalue weighted by molar-refractivity contribution is 0.101. The minimum Gasteiger partial charge on any atom is -0.408 e. The zero-order valence-corrected chi connectivity index (χ0v) is 8.61. The van der Waals surface area contributed by atoms with Crippen molar-refractivity contribution >= 4 is 16.9 Å². The fourth-order valence-electron chi connectivity index (χ4n) is 1.58. The third-order valence-corrected chi connectivity index (χ3v) is 2.39. The van der Waals surface area contributed by atoms with Gasteiger partial charge in [-0.3, -0.25) is 9.36 Å². The maximum absolute atomic E-state index is 11.4. The molecule has 78 valence electrons. The summed E-state index contributed by atoms with van der Waals surface area (Å²) in [5.74, 6) is -0.401. The van der Waals surface area contributed by atoms with Crippen molar-refractivity contribution < 1.29 is 9.21 Å². The van der Waals surface area contributed by atoms with Crippen molar-refractivity contribution in [1.29, 1.82) is 0 Å². The molecule has 0 atom stereocenters. The number of fused-ring (bicyclic) bond motifs is 1. The van der Waals surface area contributed by atoms with E-state index in [9.17, 15) is 9.59 Å². The van der Waals surface area contributed by atoms with E-state index in [1.165, 1.54) is 11.5 Å². The quantitative estimate of drug-likeness (QED) is 0.702. The first-order chi connectivity index (χ1) is 7.13. The molecule has 4 heteroatoms. The van der Waals surface area contributed by atoms with Gasteiger partial charge in [-0.1, -0.05) is 0 Å². The van der Waals surface area contributed by atoms with Gasteiger partial charge in [0, 0.05) is 12.1 Å². The van der Waals surface area contributed by atoms with Crippen LogP contribution in [0.15, 0.2) is 27.4 Å². The second kappa shape index (κ2) is 3.38. The number of aromatic nitrogens is 1. The van der Waals surface area contributed by atoms with Crippen LogP contribution in [0.2, 0.25) is 0 Å². The van der Waals surface area contributed by atoms with Gasteiger partial charge in [-0.15, -0.1) is 0 Å². The van der Waals surface area contributed by atoms with E-state index in [2.05, 4.69) is 0 Å². The molecule has 0 amide bonds. The van der Waals surface area contributed by atoms with Gasteiger partial charge in [-0.05, 0) is 32.0 Å². The van der Waals surface area contributed by atoms with Crippen LogP contribution >= 0.6 is 0 Å². The van der Waals surface area contributed by atoms with E-state index in [1.54, 1.807) is 18.2 Å². The molecule has 0 fully saturated rings. The molecule has 0 bridgehead atoms. The number of benzene rings is 1. The number of nitrogens with zero attached hydrogens (tertiary/aromatic N) is 1. The largest absolute Gasteiger partial charge is 0.419 e. The Morgan fingerprint density at radius 1 is 1.47 bits per heavy atom. The van der Waals surface area contributed by atoms with Crippen molar-refractivity contribution in [3.63, 3.8) is 0 Å². The molecule has 0 spiro atoms. The Morgan fingerprint density at radius 3 is 2.80 bits per heavy atom. The van der Waals surface area contributed by atoms with Gasteiger partial charge in [0.15, 0.2) is 11.4 Å². The van der Waals surface area contributed by atoms with Crippen molar-refractivity contribution in [2.45, 2.75) is 20.4 Å². The van der Waals surface area contributed by atoms with E-state index in [0.717, 1.165) is 0 Å². The van der Waals surface area contributed by atoms with Crippen LogP contribution in [0.4, 0.5) is 0 Å². The lowest BCUT2D eigenvalue weighted by Crippen LogP contribution is -2.12. The second-order valence-electron chi connectivity index (χ2n) is 3.35. The van der Waals surface area contributed by atoms with Crippen LogP contribution < -0.4 is 5.76 Å². The van der Waals surface area contributed by atoms with Crippen LogP contribution in [0.25, 0.3) is 11.1 Å². The maximum Gasteiger partial charge on any atom is 0.419 e. The molecule has 15 heavy (non-hydrogen) atoms. The number of oxazole rings is 1. The summed E-state index contributed by atoms with van der Waals surface area (Å²) in [4.78, 5) is 22.5. The average Bonchev–Trinajstić information content (AvgIpc) is 2.51. The van der Waals surface area contributed by atoms with E-state index < -0.39 is 0 Å². The smallest absolute Gasteiger partial charge is 0.408 e. The molecular formula is C11H11NO3. The molecule has 0 aliphatic rings. The van der Waals surface area contributed by atoms with E-state index in [-0.39, 0.29) is 11.5 Å². The third kappa shape index (κ3) is 1.48. The van der Waals surface area contributed by atoms with E-state index in [4.69, 9.17) is 4.42 Å². The lowest BCUT2D eigenvalue weighted by atomic mass is 10.1. The Labute approximate surface area is 86.1 Å². The fourth-order valence-corrected chi connectivity index (χ4v) is 1.58. The highest BCUT2D eigenvalue weighted by Gasteiger charge is 2.09. The summed E-state index contributed by atoms with van der Waals surface area (Å²) < 4.78 is 6.52. The number of hydrogen-bond donors (Lipinski definition) is 0. The van der Waals surface area contributed by atoms with E-state index >= 15 is 0 Å². The Kier molecular flexibility index (Phi) is 2.19. The Bertz CT molecular complexity index is 577. The summed E-state index contributed by atoms with van der Waals surface area (Å²) in [6.07, 6.45) is 0. The van der Waals surface area contributed by atoms with Crippen LogP contribution in [-0.2, 0) is 6.54 Å². The van der Waals surface area contributed by atoms with E-state index in [0.29, 0.717) is 23.2 Å². The first-order valence-corrected chi connectivity index (χ1v) is 4.78. The average molecular weight is 205 g/mol. The molecule has 1 aromatic carbocycles. The number of Topliss-reactive ketones (excluding diaryl/α,β-unsaturated/α-hetero) is 1. The molecule has 0 saturated carbocycles. The highest BCUT2D eigenvalue weighted by Crippen LogP contribution is 2.15. The van der Waals surface area contributed by atoms with Crippen molar-refractivity contribution in [2.24, 2.45) is 0 Å². The molecule has 0 saturated heterocycles. The summed E-state index contributed by atoms with van der Waals surface area (Å²) in [5, 5.41) is 0. The normalized spacial score (nSPS) is 10.8. The monoisotopic (exact) mass is 205 g/mol. The lowest BCUT2D eigenvalue weighted by Gasteiger charge is -1.97. The van der Waals surface area contributed by atoms with Gasteiger partial charge in [-0.25, -0.2) is 4.79 Å². The summed E-state index contributed by atoms with van der Waals surface area (Å²) in [7, 11) is 0. The number of aryl methyl sites for hydroxylation is 1. The number of hydrogen-bond acceptors (Lipinski definition) is 3. The van der Waals surface area contributed by atoms with Crippen LogP contribution in [-0.4, -0.2) is 10.4 Å². The summed E-state index contributed by atoms with van der Waals surface area (Å²) in [5.41, 5.74) is 1.78. The van der Waals surface area contributed by atoms with Gasteiger partial charge in [0.1, 0.15) is 0 Å². The molecule has 0 N–H and O–H groups in total. The molecule has 0 radical (unpaired) electrons. The summed E-state index contributed by atoms with van der Waals surface area (Å²) >= 11 is 0. The Hall–Kier alpha value is -1.84. The topological polar surface area (TPSA) is 52.2 Å². The van der Waals surface area contributed by atoms with Gasteiger partial charge < -0.3 is 4.42 Å². The van der Waals surface area contributed by atoms with Crippen molar-refractivity contribution in [3.8, 4) is 0 Å². The number of rotatable bonds is 2. The molecule has 0 unspecified atom stereocenters. The number of carbonyl (C=O) groups is 1. The molecule has 1 heterocycles. The fraction of sp³-hybridized carbons (Fsp3) is 0.273. The minimum atomic E-state index is -0.381. The molecule has 2 rings (SSSR count). The predicted octanol–water partition coefficient (Wildman–Crippen LogP) is 1.82. The first kappa shape index (κ1) is 9.71. The van der Waals surface area contributed by atoms with Gasteiger partial charge >= 0.3 is 5.76 Å². The molecule has 4 nitrogen and oxygen atoms in total. The molecular weight excluding hydrogens is 194 g/mol. The zero-order chi connectivity index (χ0) is 11.0. The Morgan fingerprint density at radius 2 is 2.20 bits per heavy atom. The highest BCUT2D eigenvalue weighted by molar-refractivity contribution is 5.96. The highest BCUT2D eigenvalue weighted by atomic mass is 16.4. The summed E-state index contributed by atoms with van der Waals surface area (Å²) in [6.45, 7) is 3.89. The predicted molar refractivity (Wildman–Crippen MR) is 56.2 cm³/mol. The van der Waals surface area contributed by atoms with Crippen LogP contribution in [0.1, 0.15) is 24.2 Å². The number of ketones is 1. The van der Waals surface area contributed by atoms with Crippen LogP contribution in [0.3, 0.4) is 0 Å². The maximum atomic E-state index is 11.4. The zero-order valence-electron chi connectivity index (χ0n) is 8.61. The second-order valence-corrected chi connectivity index (χ2v) is 3.35. The molecule has 0 aliphatic heterocycles. The SMILES string of the molecule is CCn1c(=O)oc2ccc(C(C)=O)cc21. The molecule has 2 aromatic rings. The van der Waals surface area contributed by atoms with Crippen molar-refractivity contribution in [3.05, 3.63) is 34.3 Å². The van der Waals surface area contributed by atoms with Gasteiger partial charge in [-0.2, -0.15) is 0 Å². The minimum absolute atomic E-state index is 0.0202. The van der Waals surface area contributed by atoms with Crippen molar-refractivity contribution in [2.75, 3.05) is 0 Å². The van der Waals surface area contributed by atoms with Crippen LogP contribution in [0, 0.1) is 0 Å². The van der Waals surface area contributed by atoms with Gasteiger partial charge in [0.05, 0.1) is 5.52 Å².